The second-order valence-electron chi connectivity index (χ2n) is 5.68. The van der Waals surface area contributed by atoms with Crippen LogP contribution in [0.4, 0.5) is 4.39 Å². The Bertz CT molecular complexity index is 557. The van der Waals surface area contributed by atoms with Crippen molar-refractivity contribution in [2.75, 3.05) is 13.1 Å². The maximum atomic E-state index is 13.6. The van der Waals surface area contributed by atoms with Gasteiger partial charge in [0.25, 0.3) is 0 Å². The molecule has 1 saturated heterocycles. The van der Waals surface area contributed by atoms with Crippen LogP contribution in [-0.2, 0) is 6.54 Å². The molecule has 20 heavy (non-hydrogen) atoms. The first-order valence-corrected chi connectivity index (χ1v) is 7.23. The first-order valence-electron chi connectivity index (χ1n) is 7.23. The van der Waals surface area contributed by atoms with Gasteiger partial charge in [0, 0.05) is 18.9 Å². The molecule has 0 unspecified atom stereocenters. The number of likely N-dealkylation sites (tertiary alicyclic amines) is 1. The SMILES string of the molecule is CC1CCN(Cc2cc(F)ccc2-n2cccn2)CC1. The molecule has 4 heteroatoms. The molecule has 1 aromatic heterocycles. The Morgan fingerprint density at radius 3 is 2.80 bits per heavy atom. The molecule has 1 fully saturated rings. The molecule has 3 rings (SSSR count). The predicted octanol–water partition coefficient (Wildman–Crippen LogP) is 3.24. The summed E-state index contributed by atoms with van der Waals surface area (Å²) in [5.41, 5.74) is 1.97. The third kappa shape index (κ3) is 2.90. The largest absolute Gasteiger partial charge is 0.299 e. The number of hydrogen-bond donors (Lipinski definition) is 0. The summed E-state index contributed by atoms with van der Waals surface area (Å²) in [6.45, 7) is 5.28. The van der Waals surface area contributed by atoms with E-state index < -0.39 is 0 Å². The van der Waals surface area contributed by atoms with Gasteiger partial charge in [-0.1, -0.05) is 6.92 Å². The van der Waals surface area contributed by atoms with E-state index in [1.54, 1.807) is 16.9 Å². The first-order chi connectivity index (χ1) is 9.72. The molecule has 0 atom stereocenters. The van der Waals surface area contributed by atoms with Gasteiger partial charge >= 0.3 is 0 Å². The average molecular weight is 273 g/mol. The van der Waals surface area contributed by atoms with Crippen LogP contribution in [0.1, 0.15) is 25.3 Å². The number of nitrogens with zero attached hydrogens (tertiary/aromatic N) is 3. The van der Waals surface area contributed by atoms with Crippen LogP contribution in [0.2, 0.25) is 0 Å². The fourth-order valence-electron chi connectivity index (χ4n) is 2.78. The summed E-state index contributed by atoms with van der Waals surface area (Å²) in [5, 5.41) is 4.26. The summed E-state index contributed by atoms with van der Waals surface area (Å²) in [5.74, 6) is 0.630. The molecular weight excluding hydrogens is 253 g/mol. The van der Waals surface area contributed by atoms with E-state index in [1.807, 2.05) is 18.3 Å². The van der Waals surface area contributed by atoms with E-state index in [2.05, 4.69) is 16.9 Å². The Labute approximate surface area is 119 Å². The Morgan fingerprint density at radius 2 is 2.10 bits per heavy atom. The minimum Gasteiger partial charge on any atom is -0.299 e. The normalized spacial score (nSPS) is 17.5. The lowest BCUT2D eigenvalue weighted by Crippen LogP contribution is -2.32. The van der Waals surface area contributed by atoms with Gasteiger partial charge in [-0.3, -0.25) is 4.90 Å². The molecule has 0 radical (unpaired) electrons. The molecule has 1 aliphatic heterocycles. The van der Waals surface area contributed by atoms with E-state index in [0.29, 0.717) is 0 Å². The average Bonchev–Trinajstić information content (AvgIpc) is 2.95. The molecule has 3 nitrogen and oxygen atoms in total. The summed E-state index contributed by atoms with van der Waals surface area (Å²) in [7, 11) is 0. The van der Waals surface area contributed by atoms with Gasteiger partial charge in [-0.2, -0.15) is 5.10 Å². The van der Waals surface area contributed by atoms with Gasteiger partial charge in [-0.15, -0.1) is 0 Å². The molecule has 106 valence electrons. The molecule has 0 aliphatic carbocycles. The highest BCUT2D eigenvalue weighted by atomic mass is 19.1. The minimum atomic E-state index is -0.179. The number of aromatic nitrogens is 2. The van der Waals surface area contributed by atoms with Crippen LogP contribution in [0.3, 0.4) is 0 Å². The Kier molecular flexibility index (Phi) is 3.83. The second kappa shape index (κ2) is 5.75. The highest BCUT2D eigenvalue weighted by Crippen LogP contribution is 2.22. The van der Waals surface area contributed by atoms with Crippen molar-refractivity contribution in [3.63, 3.8) is 0 Å². The standard InChI is InChI=1S/C16H20FN3/c1-13-5-9-19(10-6-13)12-14-11-15(17)3-4-16(14)20-8-2-7-18-20/h2-4,7-8,11,13H,5-6,9-10,12H2,1H3. The summed E-state index contributed by atoms with van der Waals surface area (Å²) in [6.07, 6.45) is 6.10. The summed E-state index contributed by atoms with van der Waals surface area (Å²) >= 11 is 0. The van der Waals surface area contributed by atoms with Crippen molar-refractivity contribution in [2.24, 2.45) is 5.92 Å². The van der Waals surface area contributed by atoms with Gasteiger partial charge in [0.15, 0.2) is 0 Å². The van der Waals surface area contributed by atoms with Crippen LogP contribution in [0, 0.1) is 11.7 Å². The van der Waals surface area contributed by atoms with Crippen LogP contribution < -0.4 is 0 Å². The van der Waals surface area contributed by atoms with Crippen molar-refractivity contribution >= 4 is 0 Å². The molecule has 2 heterocycles. The van der Waals surface area contributed by atoms with Gasteiger partial charge in [-0.05, 0) is 61.7 Å². The van der Waals surface area contributed by atoms with Gasteiger partial charge in [0.05, 0.1) is 5.69 Å². The predicted molar refractivity (Wildman–Crippen MR) is 77.2 cm³/mol. The van der Waals surface area contributed by atoms with Crippen molar-refractivity contribution in [1.82, 2.24) is 14.7 Å². The fraction of sp³-hybridized carbons (Fsp3) is 0.438. The van der Waals surface area contributed by atoms with Crippen LogP contribution in [0.15, 0.2) is 36.7 Å². The Hall–Kier alpha value is -1.68. The van der Waals surface area contributed by atoms with Gasteiger partial charge < -0.3 is 0 Å². The van der Waals surface area contributed by atoms with Crippen molar-refractivity contribution < 1.29 is 4.39 Å². The highest BCUT2D eigenvalue weighted by Gasteiger charge is 2.17. The zero-order valence-electron chi connectivity index (χ0n) is 11.8. The van der Waals surface area contributed by atoms with E-state index in [0.717, 1.165) is 36.8 Å². The topological polar surface area (TPSA) is 21.1 Å². The number of hydrogen-bond acceptors (Lipinski definition) is 2. The molecule has 1 aromatic carbocycles. The van der Waals surface area contributed by atoms with Crippen LogP contribution in [-0.4, -0.2) is 27.8 Å². The van der Waals surface area contributed by atoms with Crippen LogP contribution in [0.25, 0.3) is 5.69 Å². The Morgan fingerprint density at radius 1 is 1.30 bits per heavy atom. The maximum Gasteiger partial charge on any atom is 0.123 e. The van der Waals surface area contributed by atoms with Crippen molar-refractivity contribution in [3.05, 3.63) is 48.0 Å². The third-order valence-corrected chi connectivity index (χ3v) is 4.06. The minimum absolute atomic E-state index is 0.179. The molecule has 0 spiro atoms. The first kappa shape index (κ1) is 13.3. The molecule has 0 N–H and O–H groups in total. The molecule has 0 bridgehead atoms. The zero-order valence-corrected chi connectivity index (χ0v) is 11.8. The Balaban J connectivity index is 1.83. The third-order valence-electron chi connectivity index (χ3n) is 4.06. The number of benzene rings is 1. The number of rotatable bonds is 3. The van der Waals surface area contributed by atoms with Gasteiger partial charge in [0.2, 0.25) is 0 Å². The highest BCUT2D eigenvalue weighted by molar-refractivity contribution is 5.40. The summed E-state index contributed by atoms with van der Waals surface area (Å²) in [4.78, 5) is 2.40. The summed E-state index contributed by atoms with van der Waals surface area (Å²) in [6, 6.07) is 6.83. The molecule has 0 saturated carbocycles. The van der Waals surface area contributed by atoms with Gasteiger partial charge in [-0.25, -0.2) is 9.07 Å². The maximum absolute atomic E-state index is 13.6. The monoisotopic (exact) mass is 273 g/mol. The second-order valence-corrected chi connectivity index (χ2v) is 5.68. The smallest absolute Gasteiger partial charge is 0.123 e. The fourth-order valence-corrected chi connectivity index (χ4v) is 2.78. The van der Waals surface area contributed by atoms with E-state index >= 15 is 0 Å². The molecule has 2 aromatic rings. The summed E-state index contributed by atoms with van der Waals surface area (Å²) < 4.78 is 15.4. The number of halogens is 1. The zero-order chi connectivity index (χ0) is 13.9. The lowest BCUT2D eigenvalue weighted by atomic mass is 9.98. The van der Waals surface area contributed by atoms with Crippen molar-refractivity contribution in [2.45, 2.75) is 26.3 Å². The van der Waals surface area contributed by atoms with Gasteiger partial charge in [0.1, 0.15) is 5.82 Å². The van der Waals surface area contributed by atoms with E-state index in [1.165, 1.54) is 18.9 Å². The van der Waals surface area contributed by atoms with Crippen LogP contribution in [0.5, 0.6) is 0 Å². The quantitative estimate of drug-likeness (QED) is 0.856. The van der Waals surface area contributed by atoms with E-state index in [9.17, 15) is 4.39 Å². The lowest BCUT2D eigenvalue weighted by Gasteiger charge is -2.30. The van der Waals surface area contributed by atoms with E-state index in [4.69, 9.17) is 0 Å². The molecular formula is C16H20FN3. The lowest BCUT2D eigenvalue weighted by molar-refractivity contribution is 0.185. The van der Waals surface area contributed by atoms with Crippen molar-refractivity contribution in [3.8, 4) is 5.69 Å². The molecule has 1 aliphatic rings. The van der Waals surface area contributed by atoms with Crippen LogP contribution >= 0.6 is 0 Å². The van der Waals surface area contributed by atoms with Crippen molar-refractivity contribution in [1.29, 1.82) is 0 Å². The van der Waals surface area contributed by atoms with E-state index in [-0.39, 0.29) is 5.82 Å². The number of piperidine rings is 1. The molecule has 0 amide bonds.